The molecule has 1 aliphatic rings. The topological polar surface area (TPSA) is 76.0 Å². The van der Waals surface area contributed by atoms with E-state index < -0.39 is 5.97 Å². The number of hydrogen-bond acceptors (Lipinski definition) is 4. The second-order valence-electron chi connectivity index (χ2n) is 2.79. The highest BCUT2D eigenvalue weighted by atomic mass is 16.6. The SMILES string of the molecule is O=C(O)c1c(O)ccc2c1OCCO2. The van der Waals surface area contributed by atoms with Gasteiger partial charge in [0.25, 0.3) is 0 Å². The van der Waals surface area contributed by atoms with Crippen LogP contribution in [-0.2, 0) is 0 Å². The summed E-state index contributed by atoms with van der Waals surface area (Å²) in [6, 6.07) is 2.76. The van der Waals surface area contributed by atoms with Crippen LogP contribution in [0.1, 0.15) is 10.4 Å². The largest absolute Gasteiger partial charge is 0.507 e. The van der Waals surface area contributed by atoms with Crippen LogP contribution in [0.2, 0.25) is 0 Å². The van der Waals surface area contributed by atoms with Crippen molar-refractivity contribution < 1.29 is 24.5 Å². The number of aromatic carboxylic acids is 1. The first-order valence-corrected chi connectivity index (χ1v) is 4.05. The van der Waals surface area contributed by atoms with E-state index in [0.717, 1.165) is 0 Å². The smallest absolute Gasteiger partial charge is 0.343 e. The summed E-state index contributed by atoms with van der Waals surface area (Å²) in [7, 11) is 0. The highest BCUT2D eigenvalue weighted by Crippen LogP contribution is 2.38. The van der Waals surface area contributed by atoms with Crippen LogP contribution < -0.4 is 9.47 Å². The van der Waals surface area contributed by atoms with Crippen LogP contribution in [0.4, 0.5) is 0 Å². The monoisotopic (exact) mass is 196 g/mol. The molecule has 0 saturated carbocycles. The van der Waals surface area contributed by atoms with E-state index in [1.807, 2.05) is 0 Å². The predicted octanol–water partition coefficient (Wildman–Crippen LogP) is 0.862. The maximum absolute atomic E-state index is 10.8. The Balaban J connectivity index is 2.60. The molecule has 74 valence electrons. The van der Waals surface area contributed by atoms with Crippen molar-refractivity contribution in [2.24, 2.45) is 0 Å². The van der Waals surface area contributed by atoms with Gasteiger partial charge >= 0.3 is 5.97 Å². The fourth-order valence-corrected chi connectivity index (χ4v) is 1.31. The Morgan fingerprint density at radius 1 is 1.29 bits per heavy atom. The lowest BCUT2D eigenvalue weighted by Crippen LogP contribution is -2.17. The Morgan fingerprint density at radius 2 is 2.00 bits per heavy atom. The Morgan fingerprint density at radius 3 is 2.71 bits per heavy atom. The fourth-order valence-electron chi connectivity index (χ4n) is 1.31. The maximum Gasteiger partial charge on any atom is 0.343 e. The van der Waals surface area contributed by atoms with E-state index in [0.29, 0.717) is 12.4 Å². The van der Waals surface area contributed by atoms with Gasteiger partial charge in [-0.1, -0.05) is 0 Å². The van der Waals surface area contributed by atoms with Gasteiger partial charge in [0.2, 0.25) is 0 Å². The molecule has 0 radical (unpaired) electrons. The molecule has 0 unspecified atom stereocenters. The summed E-state index contributed by atoms with van der Waals surface area (Å²) < 4.78 is 10.3. The summed E-state index contributed by atoms with van der Waals surface area (Å²) >= 11 is 0. The first-order valence-electron chi connectivity index (χ1n) is 4.05. The van der Waals surface area contributed by atoms with Crippen molar-refractivity contribution in [2.45, 2.75) is 0 Å². The van der Waals surface area contributed by atoms with Crippen molar-refractivity contribution in [1.29, 1.82) is 0 Å². The van der Waals surface area contributed by atoms with Crippen molar-refractivity contribution in [3.8, 4) is 17.2 Å². The zero-order valence-corrected chi connectivity index (χ0v) is 7.19. The standard InChI is InChI=1S/C9H8O5/c10-5-1-2-6-8(7(5)9(11)12)14-4-3-13-6/h1-2,10H,3-4H2,(H,11,12). The third-order valence-corrected chi connectivity index (χ3v) is 1.90. The highest BCUT2D eigenvalue weighted by molar-refractivity contribution is 5.95. The van der Waals surface area contributed by atoms with E-state index in [2.05, 4.69) is 0 Å². The quantitative estimate of drug-likeness (QED) is 0.696. The first kappa shape index (κ1) is 8.68. The van der Waals surface area contributed by atoms with E-state index in [4.69, 9.17) is 14.6 Å². The number of hydrogen-bond donors (Lipinski definition) is 2. The summed E-state index contributed by atoms with van der Waals surface area (Å²) in [5.74, 6) is -1.10. The van der Waals surface area contributed by atoms with E-state index in [9.17, 15) is 9.90 Å². The number of carboxylic acid groups (broad SMARTS) is 1. The lowest BCUT2D eigenvalue weighted by atomic mass is 10.1. The molecular weight excluding hydrogens is 188 g/mol. The molecule has 1 aromatic carbocycles. The average molecular weight is 196 g/mol. The van der Waals surface area contributed by atoms with Crippen LogP contribution in [0.5, 0.6) is 17.2 Å². The van der Waals surface area contributed by atoms with Gasteiger partial charge in [0, 0.05) is 0 Å². The molecule has 1 aromatic rings. The summed E-state index contributed by atoms with van der Waals surface area (Å²) in [6.07, 6.45) is 0. The Labute approximate surface area is 79.5 Å². The van der Waals surface area contributed by atoms with Gasteiger partial charge in [-0.25, -0.2) is 4.79 Å². The molecule has 0 saturated heterocycles. The number of ether oxygens (including phenoxy) is 2. The molecule has 1 heterocycles. The van der Waals surface area contributed by atoms with Crippen molar-refractivity contribution >= 4 is 5.97 Å². The summed E-state index contributed by atoms with van der Waals surface area (Å²) in [4.78, 5) is 10.8. The van der Waals surface area contributed by atoms with Gasteiger partial charge in [-0.2, -0.15) is 0 Å². The zero-order valence-electron chi connectivity index (χ0n) is 7.19. The van der Waals surface area contributed by atoms with E-state index in [1.54, 1.807) is 0 Å². The van der Waals surface area contributed by atoms with Crippen LogP contribution in [0.3, 0.4) is 0 Å². The molecular formula is C9H8O5. The van der Waals surface area contributed by atoms with E-state index >= 15 is 0 Å². The number of rotatable bonds is 1. The fraction of sp³-hybridized carbons (Fsp3) is 0.222. The van der Waals surface area contributed by atoms with Crippen LogP contribution in [-0.4, -0.2) is 29.4 Å². The van der Waals surface area contributed by atoms with Crippen molar-refractivity contribution in [3.05, 3.63) is 17.7 Å². The Kier molecular flexibility index (Phi) is 1.92. The molecule has 0 bridgehead atoms. The molecule has 5 nitrogen and oxygen atoms in total. The number of carbonyl (C=O) groups is 1. The van der Waals surface area contributed by atoms with Crippen LogP contribution in [0, 0.1) is 0 Å². The number of aromatic hydroxyl groups is 1. The molecule has 0 spiro atoms. The predicted molar refractivity (Wildman–Crippen MR) is 46.1 cm³/mol. The molecule has 0 aliphatic carbocycles. The van der Waals surface area contributed by atoms with Gasteiger partial charge in [0.1, 0.15) is 24.5 Å². The zero-order chi connectivity index (χ0) is 10.1. The molecule has 14 heavy (non-hydrogen) atoms. The second kappa shape index (κ2) is 3.10. The van der Waals surface area contributed by atoms with Gasteiger partial charge in [0.15, 0.2) is 11.5 Å². The number of fused-ring (bicyclic) bond motifs is 1. The molecule has 0 fully saturated rings. The normalized spacial score (nSPS) is 13.7. The van der Waals surface area contributed by atoms with Gasteiger partial charge in [-0.05, 0) is 12.1 Å². The average Bonchev–Trinajstić information content (AvgIpc) is 2.17. The number of carboxylic acids is 1. The lowest BCUT2D eigenvalue weighted by Gasteiger charge is -2.20. The summed E-state index contributed by atoms with van der Waals surface area (Å²) in [6.45, 7) is 0.674. The van der Waals surface area contributed by atoms with E-state index in [1.165, 1.54) is 12.1 Å². The summed E-state index contributed by atoms with van der Waals surface area (Å²) in [5, 5.41) is 18.1. The Hall–Kier alpha value is -1.91. The van der Waals surface area contributed by atoms with Crippen molar-refractivity contribution in [2.75, 3.05) is 13.2 Å². The van der Waals surface area contributed by atoms with Gasteiger partial charge in [0.05, 0.1) is 0 Å². The lowest BCUT2D eigenvalue weighted by molar-refractivity contribution is 0.0682. The third-order valence-electron chi connectivity index (χ3n) is 1.90. The summed E-state index contributed by atoms with van der Waals surface area (Å²) in [5.41, 5.74) is -0.248. The number of benzene rings is 1. The second-order valence-corrected chi connectivity index (χ2v) is 2.79. The van der Waals surface area contributed by atoms with Gasteiger partial charge in [-0.15, -0.1) is 0 Å². The van der Waals surface area contributed by atoms with Crippen molar-refractivity contribution in [3.63, 3.8) is 0 Å². The minimum atomic E-state index is -1.23. The molecule has 0 amide bonds. The van der Waals surface area contributed by atoms with Crippen LogP contribution in [0.15, 0.2) is 12.1 Å². The van der Waals surface area contributed by atoms with Crippen LogP contribution >= 0.6 is 0 Å². The molecule has 2 rings (SSSR count). The molecule has 1 aliphatic heterocycles. The van der Waals surface area contributed by atoms with E-state index in [-0.39, 0.29) is 23.7 Å². The van der Waals surface area contributed by atoms with Crippen molar-refractivity contribution in [1.82, 2.24) is 0 Å². The molecule has 0 aromatic heterocycles. The maximum atomic E-state index is 10.8. The first-order chi connectivity index (χ1) is 6.70. The minimum absolute atomic E-state index is 0.101. The van der Waals surface area contributed by atoms with Gasteiger partial charge < -0.3 is 19.7 Å². The Bertz CT molecular complexity index is 385. The van der Waals surface area contributed by atoms with Gasteiger partial charge in [-0.3, -0.25) is 0 Å². The molecule has 5 heteroatoms. The third kappa shape index (κ3) is 1.22. The molecule has 0 atom stereocenters. The number of phenols is 1. The highest BCUT2D eigenvalue weighted by Gasteiger charge is 2.23. The molecule has 2 N–H and O–H groups in total. The minimum Gasteiger partial charge on any atom is -0.507 e. The van der Waals surface area contributed by atoms with Crippen LogP contribution in [0.25, 0.3) is 0 Å².